The summed E-state index contributed by atoms with van der Waals surface area (Å²) < 4.78 is 0. The fourth-order valence-electron chi connectivity index (χ4n) is 1.40. The second-order valence-corrected chi connectivity index (χ2v) is 4.26. The largest absolute Gasteiger partial charge is 0.392 e. The first-order chi connectivity index (χ1) is 8.40. The SMILES string of the molecule is OC/C(=C\C#Cc1ccccc1)c1ccsc1. The van der Waals surface area contributed by atoms with Crippen molar-refractivity contribution in [3.63, 3.8) is 0 Å². The molecule has 1 aromatic heterocycles. The zero-order chi connectivity index (χ0) is 11.9. The van der Waals surface area contributed by atoms with Crippen LogP contribution >= 0.6 is 11.3 Å². The first-order valence-corrected chi connectivity index (χ1v) is 6.23. The molecular formula is C15H12OS. The van der Waals surface area contributed by atoms with Gasteiger partial charge in [-0.25, -0.2) is 0 Å². The predicted molar refractivity (Wildman–Crippen MR) is 72.7 cm³/mol. The molecule has 0 amide bonds. The molecule has 1 aromatic carbocycles. The summed E-state index contributed by atoms with van der Waals surface area (Å²) in [5.41, 5.74) is 2.88. The number of thiophene rings is 1. The number of aliphatic hydroxyl groups is 1. The molecule has 0 saturated carbocycles. The molecule has 2 aromatic rings. The summed E-state index contributed by atoms with van der Waals surface area (Å²) in [5.74, 6) is 6.01. The second-order valence-electron chi connectivity index (χ2n) is 3.48. The van der Waals surface area contributed by atoms with Crippen molar-refractivity contribution >= 4 is 16.9 Å². The minimum atomic E-state index is 0.0141. The monoisotopic (exact) mass is 240 g/mol. The highest BCUT2D eigenvalue weighted by molar-refractivity contribution is 7.08. The number of hydrogen-bond donors (Lipinski definition) is 1. The van der Waals surface area contributed by atoms with Crippen LogP contribution in [0.25, 0.3) is 5.57 Å². The smallest absolute Gasteiger partial charge is 0.0694 e. The van der Waals surface area contributed by atoms with Crippen LogP contribution in [0, 0.1) is 11.8 Å². The molecule has 0 aliphatic rings. The molecule has 1 nitrogen and oxygen atoms in total. The zero-order valence-corrected chi connectivity index (χ0v) is 10.1. The number of rotatable bonds is 2. The van der Waals surface area contributed by atoms with Crippen molar-refractivity contribution in [1.29, 1.82) is 0 Å². The molecule has 1 heterocycles. The summed E-state index contributed by atoms with van der Waals surface area (Å²) in [6, 6.07) is 11.8. The molecule has 0 fully saturated rings. The van der Waals surface area contributed by atoms with Gasteiger partial charge in [0.2, 0.25) is 0 Å². The van der Waals surface area contributed by atoms with Gasteiger partial charge < -0.3 is 5.11 Å². The molecule has 0 spiro atoms. The fraction of sp³-hybridized carbons (Fsp3) is 0.0667. The van der Waals surface area contributed by atoms with E-state index in [1.807, 2.05) is 47.2 Å². The molecule has 1 N–H and O–H groups in total. The Balaban J connectivity index is 2.17. The van der Waals surface area contributed by atoms with Crippen LogP contribution in [-0.2, 0) is 0 Å². The number of allylic oxidation sites excluding steroid dienone is 1. The highest BCUT2D eigenvalue weighted by atomic mass is 32.1. The van der Waals surface area contributed by atoms with Crippen LogP contribution in [0.5, 0.6) is 0 Å². The average molecular weight is 240 g/mol. The average Bonchev–Trinajstić information content (AvgIpc) is 2.90. The summed E-state index contributed by atoms with van der Waals surface area (Å²) in [5, 5.41) is 13.3. The molecule has 0 atom stereocenters. The lowest BCUT2D eigenvalue weighted by atomic mass is 10.1. The molecule has 0 unspecified atom stereocenters. The van der Waals surface area contributed by atoms with Crippen LogP contribution in [0.4, 0.5) is 0 Å². The lowest BCUT2D eigenvalue weighted by Gasteiger charge is -1.96. The van der Waals surface area contributed by atoms with E-state index in [0.717, 1.165) is 16.7 Å². The van der Waals surface area contributed by atoms with Gasteiger partial charge in [-0.1, -0.05) is 30.0 Å². The highest BCUT2D eigenvalue weighted by Gasteiger charge is 1.98. The standard InChI is InChI=1S/C15H12OS/c16-11-14(15-9-10-17-12-15)8-4-7-13-5-2-1-3-6-13/h1-3,5-6,8-10,12,16H,11H2/b14-8+. The van der Waals surface area contributed by atoms with E-state index in [1.165, 1.54) is 0 Å². The van der Waals surface area contributed by atoms with Gasteiger partial charge in [-0.15, -0.1) is 0 Å². The molecule has 0 aliphatic heterocycles. The molecule has 2 rings (SSSR count). The highest BCUT2D eigenvalue weighted by Crippen LogP contribution is 2.16. The Bertz CT molecular complexity index is 542. The minimum absolute atomic E-state index is 0.0141. The number of aliphatic hydroxyl groups excluding tert-OH is 1. The Kier molecular flexibility index (Phi) is 4.15. The van der Waals surface area contributed by atoms with Crippen molar-refractivity contribution in [1.82, 2.24) is 0 Å². The minimum Gasteiger partial charge on any atom is -0.392 e. The fourth-order valence-corrected chi connectivity index (χ4v) is 2.08. The Morgan fingerprint density at radius 2 is 2.06 bits per heavy atom. The molecule has 2 heteroatoms. The lowest BCUT2D eigenvalue weighted by Crippen LogP contribution is -1.86. The van der Waals surface area contributed by atoms with E-state index in [2.05, 4.69) is 11.8 Å². The van der Waals surface area contributed by atoms with Crippen molar-refractivity contribution in [3.05, 3.63) is 64.4 Å². The van der Waals surface area contributed by atoms with E-state index in [-0.39, 0.29) is 6.61 Å². The molecule has 84 valence electrons. The maximum Gasteiger partial charge on any atom is 0.0694 e. The van der Waals surface area contributed by atoms with Crippen LogP contribution in [0.1, 0.15) is 11.1 Å². The molecule has 17 heavy (non-hydrogen) atoms. The third-order valence-electron chi connectivity index (χ3n) is 2.30. The lowest BCUT2D eigenvalue weighted by molar-refractivity contribution is 0.350. The molecule has 0 bridgehead atoms. The van der Waals surface area contributed by atoms with Gasteiger partial charge in [-0.2, -0.15) is 11.3 Å². The van der Waals surface area contributed by atoms with Crippen LogP contribution in [0.15, 0.2) is 53.2 Å². The maximum atomic E-state index is 9.26. The van der Waals surface area contributed by atoms with Gasteiger partial charge in [0.1, 0.15) is 0 Å². The molecule has 0 aliphatic carbocycles. The van der Waals surface area contributed by atoms with Gasteiger partial charge in [0, 0.05) is 5.56 Å². The third-order valence-corrected chi connectivity index (χ3v) is 2.98. The van der Waals surface area contributed by atoms with Crippen molar-refractivity contribution in [2.24, 2.45) is 0 Å². The van der Waals surface area contributed by atoms with Crippen LogP contribution in [-0.4, -0.2) is 11.7 Å². The summed E-state index contributed by atoms with van der Waals surface area (Å²) in [4.78, 5) is 0. The van der Waals surface area contributed by atoms with E-state index in [0.29, 0.717) is 0 Å². The number of benzene rings is 1. The van der Waals surface area contributed by atoms with E-state index in [9.17, 15) is 5.11 Å². The quantitative estimate of drug-likeness (QED) is 0.799. The molecule has 0 radical (unpaired) electrons. The van der Waals surface area contributed by atoms with E-state index >= 15 is 0 Å². The first-order valence-electron chi connectivity index (χ1n) is 5.29. The van der Waals surface area contributed by atoms with Crippen LogP contribution in [0.2, 0.25) is 0 Å². The topological polar surface area (TPSA) is 20.2 Å². The van der Waals surface area contributed by atoms with Crippen LogP contribution in [0.3, 0.4) is 0 Å². The Morgan fingerprint density at radius 3 is 2.71 bits per heavy atom. The predicted octanol–water partition coefficient (Wildman–Crippen LogP) is 3.18. The summed E-state index contributed by atoms with van der Waals surface area (Å²) in [6.45, 7) is 0.0141. The Hall–Kier alpha value is -1.82. The summed E-state index contributed by atoms with van der Waals surface area (Å²) >= 11 is 1.61. The molecular weight excluding hydrogens is 228 g/mol. The van der Waals surface area contributed by atoms with Gasteiger partial charge >= 0.3 is 0 Å². The van der Waals surface area contributed by atoms with Gasteiger partial charge in [0.05, 0.1) is 6.61 Å². The van der Waals surface area contributed by atoms with Crippen molar-refractivity contribution in [3.8, 4) is 11.8 Å². The van der Waals surface area contributed by atoms with Crippen LogP contribution < -0.4 is 0 Å². The van der Waals surface area contributed by atoms with Gasteiger partial charge in [-0.3, -0.25) is 0 Å². The van der Waals surface area contributed by atoms with Gasteiger partial charge in [0.15, 0.2) is 0 Å². The molecule has 0 saturated heterocycles. The van der Waals surface area contributed by atoms with Crippen molar-refractivity contribution in [2.75, 3.05) is 6.61 Å². The van der Waals surface area contributed by atoms with Gasteiger partial charge in [0.25, 0.3) is 0 Å². The number of hydrogen-bond acceptors (Lipinski definition) is 2. The van der Waals surface area contributed by atoms with E-state index in [4.69, 9.17) is 0 Å². The summed E-state index contributed by atoms with van der Waals surface area (Å²) in [7, 11) is 0. The Morgan fingerprint density at radius 1 is 1.24 bits per heavy atom. The van der Waals surface area contributed by atoms with E-state index in [1.54, 1.807) is 17.4 Å². The van der Waals surface area contributed by atoms with Gasteiger partial charge in [-0.05, 0) is 46.2 Å². The normalized spacial score (nSPS) is 10.8. The third kappa shape index (κ3) is 3.32. The van der Waals surface area contributed by atoms with E-state index < -0.39 is 0 Å². The summed E-state index contributed by atoms with van der Waals surface area (Å²) in [6.07, 6.45) is 1.77. The van der Waals surface area contributed by atoms with Crippen molar-refractivity contribution in [2.45, 2.75) is 0 Å². The zero-order valence-electron chi connectivity index (χ0n) is 9.26. The van der Waals surface area contributed by atoms with Crippen molar-refractivity contribution < 1.29 is 5.11 Å². The first kappa shape index (κ1) is 11.7. The second kappa shape index (κ2) is 6.05. The Labute approximate surface area is 105 Å². The maximum absolute atomic E-state index is 9.26.